The molecule has 0 aliphatic rings. The average molecular weight is 248 g/mol. The summed E-state index contributed by atoms with van der Waals surface area (Å²) in [5, 5.41) is 4.44. The summed E-state index contributed by atoms with van der Waals surface area (Å²) in [5.41, 5.74) is 4.33. The van der Waals surface area contributed by atoms with Gasteiger partial charge in [0.25, 0.3) is 0 Å². The van der Waals surface area contributed by atoms with Crippen molar-refractivity contribution in [2.24, 2.45) is 11.7 Å². The molecule has 0 amide bonds. The topological polar surface area (TPSA) is 43.8 Å². The van der Waals surface area contributed by atoms with Crippen LogP contribution in [0.3, 0.4) is 0 Å². The molecule has 0 saturated carbocycles. The van der Waals surface area contributed by atoms with Crippen LogP contribution in [0.4, 0.5) is 4.39 Å². The Morgan fingerprint density at radius 1 is 1.50 bits per heavy atom. The third-order valence-corrected chi connectivity index (χ3v) is 3.12. The van der Waals surface area contributed by atoms with Crippen LogP contribution in [0.2, 0.25) is 5.02 Å². The molecule has 0 fully saturated rings. The van der Waals surface area contributed by atoms with Crippen molar-refractivity contribution in [1.82, 2.24) is 9.78 Å². The first kappa shape index (κ1) is 13.5. The number of hydrogen-bond donors (Lipinski definition) is 1. The van der Waals surface area contributed by atoms with Gasteiger partial charge in [0.2, 0.25) is 0 Å². The minimum absolute atomic E-state index is 0.0583. The normalized spacial score (nSPS) is 15.8. The monoisotopic (exact) mass is 247 g/mol. The van der Waals surface area contributed by atoms with E-state index >= 15 is 0 Å². The van der Waals surface area contributed by atoms with Crippen LogP contribution in [-0.4, -0.2) is 16.3 Å². The molecule has 16 heavy (non-hydrogen) atoms. The smallest absolute Gasteiger partial charge is 0.168 e. The molecule has 1 rings (SSSR count). The molecular weight excluding hydrogens is 229 g/mol. The summed E-state index contributed by atoms with van der Waals surface area (Å²) in [6, 6.07) is 0.0583. The molecule has 92 valence electrons. The highest BCUT2D eigenvalue weighted by molar-refractivity contribution is 6.31. The van der Waals surface area contributed by atoms with Crippen LogP contribution < -0.4 is 5.73 Å². The van der Waals surface area contributed by atoms with Crippen molar-refractivity contribution < 1.29 is 4.39 Å². The fraction of sp³-hybridized carbons (Fsp3) is 0.727. The van der Waals surface area contributed by atoms with Crippen molar-refractivity contribution in [2.45, 2.75) is 39.4 Å². The number of hydrogen-bond acceptors (Lipinski definition) is 2. The molecule has 0 bridgehead atoms. The Kier molecular flexibility index (Phi) is 3.97. The van der Waals surface area contributed by atoms with E-state index in [-0.39, 0.29) is 18.5 Å². The summed E-state index contributed by atoms with van der Waals surface area (Å²) in [7, 11) is 0. The summed E-state index contributed by atoms with van der Waals surface area (Å²) < 4.78 is 16.4. The molecule has 0 aliphatic carbocycles. The molecule has 1 aromatic heterocycles. The van der Waals surface area contributed by atoms with Gasteiger partial charge in [-0.3, -0.25) is 4.68 Å². The maximum atomic E-state index is 14.8. The second kappa shape index (κ2) is 4.72. The molecule has 0 radical (unpaired) electrons. The molecule has 1 atom stereocenters. The van der Waals surface area contributed by atoms with Crippen molar-refractivity contribution in [1.29, 1.82) is 0 Å². The number of halogens is 2. The van der Waals surface area contributed by atoms with E-state index in [4.69, 9.17) is 17.3 Å². The van der Waals surface area contributed by atoms with E-state index in [0.29, 0.717) is 10.7 Å². The molecule has 3 nitrogen and oxygen atoms in total. The molecule has 0 aliphatic heterocycles. The standard InChI is InChI=1S/C11H19ClFN3/c1-7(2)11(13,6-14)10-9(12)5-15-16(10)8(3)4/h5,7-8H,6,14H2,1-4H3. The predicted molar refractivity (Wildman–Crippen MR) is 64.3 cm³/mol. The molecule has 1 unspecified atom stereocenters. The molecule has 1 aromatic rings. The Hall–Kier alpha value is -0.610. The zero-order chi connectivity index (χ0) is 12.5. The Morgan fingerprint density at radius 2 is 2.06 bits per heavy atom. The summed E-state index contributed by atoms with van der Waals surface area (Å²) in [4.78, 5) is 0. The van der Waals surface area contributed by atoms with Crippen LogP contribution in [-0.2, 0) is 5.67 Å². The lowest BCUT2D eigenvalue weighted by Gasteiger charge is -2.30. The van der Waals surface area contributed by atoms with Gasteiger partial charge in [0, 0.05) is 12.6 Å². The lowest BCUT2D eigenvalue weighted by Crippen LogP contribution is -2.38. The zero-order valence-electron chi connectivity index (χ0n) is 10.2. The molecule has 0 saturated heterocycles. The Bertz CT molecular complexity index is 362. The first-order valence-corrected chi connectivity index (χ1v) is 5.84. The lowest BCUT2D eigenvalue weighted by atomic mass is 9.88. The predicted octanol–water partition coefficient (Wildman–Crippen LogP) is 2.90. The summed E-state index contributed by atoms with van der Waals surface area (Å²) >= 11 is 6.02. The van der Waals surface area contributed by atoms with Gasteiger partial charge >= 0.3 is 0 Å². The Morgan fingerprint density at radius 3 is 2.44 bits per heavy atom. The van der Waals surface area contributed by atoms with E-state index in [1.165, 1.54) is 6.20 Å². The van der Waals surface area contributed by atoms with E-state index in [1.54, 1.807) is 18.5 Å². The van der Waals surface area contributed by atoms with Crippen molar-refractivity contribution in [2.75, 3.05) is 6.54 Å². The van der Waals surface area contributed by atoms with Crippen LogP contribution in [0.5, 0.6) is 0 Å². The van der Waals surface area contributed by atoms with Crippen LogP contribution in [0.1, 0.15) is 39.4 Å². The van der Waals surface area contributed by atoms with Crippen LogP contribution in [0.15, 0.2) is 6.20 Å². The van der Waals surface area contributed by atoms with Gasteiger partial charge in [-0.25, -0.2) is 4.39 Å². The number of nitrogens with zero attached hydrogens (tertiary/aromatic N) is 2. The summed E-state index contributed by atoms with van der Waals surface area (Å²) in [6.07, 6.45) is 1.48. The van der Waals surface area contributed by atoms with Crippen molar-refractivity contribution in [3.05, 3.63) is 16.9 Å². The van der Waals surface area contributed by atoms with Crippen LogP contribution in [0.25, 0.3) is 0 Å². The van der Waals surface area contributed by atoms with Crippen molar-refractivity contribution >= 4 is 11.6 Å². The van der Waals surface area contributed by atoms with Crippen LogP contribution in [0, 0.1) is 5.92 Å². The highest BCUT2D eigenvalue weighted by atomic mass is 35.5. The summed E-state index contributed by atoms with van der Waals surface area (Å²) in [5.74, 6) is -0.246. The molecule has 2 N–H and O–H groups in total. The second-order valence-corrected chi connectivity index (χ2v) is 5.01. The van der Waals surface area contributed by atoms with E-state index in [2.05, 4.69) is 5.10 Å². The van der Waals surface area contributed by atoms with Crippen LogP contribution >= 0.6 is 11.6 Å². The molecule has 5 heteroatoms. The lowest BCUT2D eigenvalue weighted by molar-refractivity contribution is 0.0954. The van der Waals surface area contributed by atoms with Gasteiger partial charge in [-0.05, 0) is 19.8 Å². The number of alkyl halides is 1. The fourth-order valence-corrected chi connectivity index (χ4v) is 2.01. The van der Waals surface area contributed by atoms with Gasteiger partial charge in [-0.1, -0.05) is 25.4 Å². The van der Waals surface area contributed by atoms with Gasteiger partial charge in [0.05, 0.1) is 16.9 Å². The second-order valence-electron chi connectivity index (χ2n) is 4.60. The molecular formula is C11H19ClFN3. The van der Waals surface area contributed by atoms with E-state index < -0.39 is 5.67 Å². The Labute approximate surface area is 101 Å². The first-order chi connectivity index (χ1) is 7.34. The third-order valence-electron chi connectivity index (χ3n) is 2.85. The van der Waals surface area contributed by atoms with Crippen molar-refractivity contribution in [3.63, 3.8) is 0 Å². The maximum absolute atomic E-state index is 14.8. The largest absolute Gasteiger partial charge is 0.327 e. The quantitative estimate of drug-likeness (QED) is 0.889. The summed E-state index contributed by atoms with van der Waals surface area (Å²) in [6.45, 7) is 7.36. The minimum atomic E-state index is -1.63. The number of rotatable bonds is 4. The van der Waals surface area contributed by atoms with Crippen molar-refractivity contribution in [3.8, 4) is 0 Å². The highest BCUT2D eigenvalue weighted by Gasteiger charge is 2.40. The van der Waals surface area contributed by atoms with Gasteiger partial charge in [-0.2, -0.15) is 5.10 Å². The van der Waals surface area contributed by atoms with Gasteiger partial charge in [0.15, 0.2) is 5.67 Å². The first-order valence-electron chi connectivity index (χ1n) is 5.47. The van der Waals surface area contributed by atoms with E-state index in [1.807, 2.05) is 13.8 Å². The van der Waals surface area contributed by atoms with E-state index in [0.717, 1.165) is 0 Å². The minimum Gasteiger partial charge on any atom is -0.327 e. The van der Waals surface area contributed by atoms with Gasteiger partial charge in [0.1, 0.15) is 0 Å². The molecule has 1 heterocycles. The molecule has 0 spiro atoms. The SMILES string of the molecule is CC(C)n1ncc(Cl)c1C(F)(CN)C(C)C. The third kappa shape index (κ3) is 2.09. The van der Waals surface area contributed by atoms with Gasteiger partial charge in [-0.15, -0.1) is 0 Å². The fourth-order valence-electron chi connectivity index (χ4n) is 1.73. The van der Waals surface area contributed by atoms with E-state index in [9.17, 15) is 4.39 Å². The number of aromatic nitrogens is 2. The highest BCUT2D eigenvalue weighted by Crippen LogP contribution is 2.38. The maximum Gasteiger partial charge on any atom is 0.168 e. The number of nitrogens with two attached hydrogens (primary N) is 1. The Balaban J connectivity index is 3.34. The zero-order valence-corrected chi connectivity index (χ0v) is 10.9. The molecule has 0 aromatic carbocycles. The van der Waals surface area contributed by atoms with Gasteiger partial charge < -0.3 is 5.73 Å². The average Bonchev–Trinajstić information content (AvgIpc) is 2.59.